The van der Waals surface area contributed by atoms with Crippen LogP contribution in [-0.4, -0.2) is 48.4 Å². The largest absolute Gasteiger partial charge is 0.459 e. The van der Waals surface area contributed by atoms with Crippen molar-refractivity contribution >= 4 is 43.9 Å². The van der Waals surface area contributed by atoms with Gasteiger partial charge >= 0.3 is 5.97 Å². The molecule has 1 fully saturated rings. The van der Waals surface area contributed by atoms with Crippen molar-refractivity contribution in [1.29, 1.82) is 0 Å². The standard InChI is InChI=1S/C27H28FN3O6S2/c1-17(36-26(33)20-6-4-3-5-7-20)8-9-18(2)37-31-24(25(32)30-27-29-16-23(28)38-27)19-10-12-21(13-11-19)39(34,35)22-14-15-22/h3-7,10-13,16-18,22H,8-9,14-15H2,1-2H3,(H,29,30,32)/b31-24+/t17?,18-/m0/s1. The van der Waals surface area contributed by atoms with Crippen LogP contribution in [0.1, 0.15) is 55.5 Å². The van der Waals surface area contributed by atoms with Crippen molar-refractivity contribution in [2.75, 3.05) is 5.32 Å². The van der Waals surface area contributed by atoms with E-state index in [0.29, 0.717) is 48.1 Å². The smallest absolute Gasteiger partial charge is 0.338 e. The van der Waals surface area contributed by atoms with Gasteiger partial charge in [-0.05, 0) is 63.8 Å². The average Bonchev–Trinajstić information content (AvgIpc) is 3.71. The summed E-state index contributed by atoms with van der Waals surface area (Å²) < 4.78 is 43.9. The highest BCUT2D eigenvalue weighted by Crippen LogP contribution is 2.33. The number of carbonyl (C=O) groups excluding carboxylic acids is 2. The van der Waals surface area contributed by atoms with Gasteiger partial charge in [0, 0.05) is 5.56 Å². The molecule has 0 radical (unpaired) electrons. The topological polar surface area (TPSA) is 124 Å². The molecule has 1 aliphatic carbocycles. The minimum Gasteiger partial charge on any atom is -0.459 e. The van der Waals surface area contributed by atoms with Gasteiger partial charge < -0.3 is 9.57 Å². The summed E-state index contributed by atoms with van der Waals surface area (Å²) in [7, 11) is -3.40. The van der Waals surface area contributed by atoms with E-state index in [1.54, 1.807) is 38.1 Å². The number of oxime groups is 1. The van der Waals surface area contributed by atoms with Gasteiger partial charge in [0.25, 0.3) is 5.91 Å². The molecule has 1 aromatic heterocycles. The third-order valence-electron chi connectivity index (χ3n) is 5.95. The number of carbonyl (C=O) groups is 2. The molecule has 12 heteroatoms. The van der Waals surface area contributed by atoms with E-state index < -0.39 is 32.9 Å². The number of anilines is 1. The fourth-order valence-corrected chi connectivity index (χ4v) is 5.81. The fourth-order valence-electron chi connectivity index (χ4n) is 3.62. The zero-order chi connectivity index (χ0) is 28.0. The highest BCUT2D eigenvalue weighted by molar-refractivity contribution is 7.92. The molecular formula is C27H28FN3O6S2. The molecule has 39 heavy (non-hydrogen) atoms. The summed E-state index contributed by atoms with van der Waals surface area (Å²) in [5.74, 6) is -1.11. The number of hydrogen-bond acceptors (Lipinski definition) is 9. The number of amides is 1. The molecule has 9 nitrogen and oxygen atoms in total. The Labute approximate surface area is 230 Å². The van der Waals surface area contributed by atoms with Gasteiger partial charge in [0.15, 0.2) is 25.8 Å². The summed E-state index contributed by atoms with van der Waals surface area (Å²) in [6.07, 6.45) is 2.40. The maximum absolute atomic E-state index is 13.4. The van der Waals surface area contributed by atoms with Crippen LogP contribution >= 0.6 is 11.3 Å². The van der Waals surface area contributed by atoms with E-state index >= 15 is 0 Å². The second-order valence-electron chi connectivity index (χ2n) is 9.21. The van der Waals surface area contributed by atoms with Gasteiger partial charge in [0.1, 0.15) is 6.10 Å². The molecule has 2 atom stereocenters. The number of aromatic nitrogens is 1. The fraction of sp³-hybridized carbons (Fsp3) is 0.333. The number of nitrogens with one attached hydrogen (secondary N) is 1. The Bertz CT molecular complexity index is 1440. The lowest BCUT2D eigenvalue weighted by Gasteiger charge is -2.16. The molecule has 0 saturated heterocycles. The Kier molecular flexibility index (Phi) is 9.08. The molecule has 1 aliphatic rings. The highest BCUT2D eigenvalue weighted by atomic mass is 32.2. The van der Waals surface area contributed by atoms with Crippen molar-refractivity contribution in [3.05, 3.63) is 77.1 Å². The number of sulfone groups is 1. The normalized spacial score (nSPS) is 15.3. The molecule has 3 aromatic rings. The van der Waals surface area contributed by atoms with Gasteiger partial charge in [-0.25, -0.2) is 18.2 Å². The lowest BCUT2D eigenvalue weighted by molar-refractivity contribution is -0.110. The number of rotatable bonds is 12. The first kappa shape index (κ1) is 28.4. The lowest BCUT2D eigenvalue weighted by atomic mass is 10.1. The van der Waals surface area contributed by atoms with E-state index in [0.717, 1.165) is 6.20 Å². The summed E-state index contributed by atoms with van der Waals surface area (Å²) in [5.41, 5.74) is 0.651. The minimum absolute atomic E-state index is 0.0419. The molecule has 2 aromatic carbocycles. The van der Waals surface area contributed by atoms with Crippen molar-refractivity contribution in [2.24, 2.45) is 5.16 Å². The Morgan fingerprint density at radius 3 is 2.33 bits per heavy atom. The number of halogens is 1. The van der Waals surface area contributed by atoms with Crippen LogP contribution in [0, 0.1) is 5.13 Å². The molecule has 1 saturated carbocycles. The number of hydrogen-bond donors (Lipinski definition) is 1. The van der Waals surface area contributed by atoms with E-state index in [-0.39, 0.29) is 27.1 Å². The molecule has 1 unspecified atom stereocenters. The van der Waals surface area contributed by atoms with Gasteiger partial charge in [-0.2, -0.15) is 4.39 Å². The van der Waals surface area contributed by atoms with Crippen molar-refractivity contribution in [3.63, 3.8) is 0 Å². The number of esters is 1. The third-order valence-corrected chi connectivity index (χ3v) is 8.93. The first-order chi connectivity index (χ1) is 18.6. The minimum atomic E-state index is -3.40. The predicted octanol–water partition coefficient (Wildman–Crippen LogP) is 4.99. The first-order valence-corrected chi connectivity index (χ1v) is 14.8. The van der Waals surface area contributed by atoms with Crippen LogP contribution in [0.25, 0.3) is 0 Å². The van der Waals surface area contributed by atoms with Crippen molar-refractivity contribution in [1.82, 2.24) is 4.98 Å². The van der Waals surface area contributed by atoms with Crippen LogP contribution in [-0.2, 0) is 24.2 Å². The summed E-state index contributed by atoms with van der Waals surface area (Å²) >= 11 is 0.657. The van der Waals surface area contributed by atoms with Crippen LogP contribution in [0.4, 0.5) is 9.52 Å². The molecular weight excluding hydrogens is 545 g/mol. The summed E-state index contributed by atoms with van der Waals surface area (Å²) in [4.78, 5) is 34.8. The maximum atomic E-state index is 13.4. The van der Waals surface area contributed by atoms with Gasteiger partial charge in [0.05, 0.1) is 28.0 Å². The SMILES string of the molecule is CC(CC[C@H](C)O/N=C(/C(=O)Nc1ncc(F)s1)c1ccc(S(=O)(=O)C2CC2)cc1)OC(=O)c1ccccc1. The number of ether oxygens (including phenoxy) is 1. The molecule has 4 rings (SSSR count). The van der Waals surface area contributed by atoms with Crippen LogP contribution < -0.4 is 5.32 Å². The van der Waals surface area contributed by atoms with Crippen LogP contribution in [0.5, 0.6) is 0 Å². The summed E-state index contributed by atoms with van der Waals surface area (Å²) in [6.45, 7) is 3.53. The van der Waals surface area contributed by atoms with Gasteiger partial charge in [-0.3, -0.25) is 10.1 Å². The molecule has 0 aliphatic heterocycles. The van der Waals surface area contributed by atoms with E-state index in [9.17, 15) is 22.4 Å². The maximum Gasteiger partial charge on any atom is 0.338 e. The van der Waals surface area contributed by atoms with E-state index in [1.165, 1.54) is 24.3 Å². The average molecular weight is 574 g/mol. The van der Waals surface area contributed by atoms with Crippen LogP contribution in [0.2, 0.25) is 0 Å². The number of benzene rings is 2. The third kappa shape index (κ3) is 7.70. The van der Waals surface area contributed by atoms with E-state index in [1.807, 2.05) is 6.07 Å². The Balaban J connectivity index is 1.42. The second kappa shape index (κ2) is 12.5. The van der Waals surface area contributed by atoms with Gasteiger partial charge in [-0.1, -0.05) is 46.8 Å². The number of nitrogens with zero attached hydrogens (tertiary/aromatic N) is 2. The van der Waals surface area contributed by atoms with Crippen molar-refractivity contribution in [3.8, 4) is 0 Å². The summed E-state index contributed by atoms with van der Waals surface area (Å²) in [5, 5.41) is 5.66. The van der Waals surface area contributed by atoms with Crippen LogP contribution in [0.3, 0.4) is 0 Å². The zero-order valence-electron chi connectivity index (χ0n) is 21.4. The molecule has 206 valence electrons. The molecule has 0 bridgehead atoms. The second-order valence-corrected chi connectivity index (χ2v) is 12.4. The zero-order valence-corrected chi connectivity index (χ0v) is 23.0. The van der Waals surface area contributed by atoms with Gasteiger partial charge in [0.2, 0.25) is 0 Å². The first-order valence-electron chi connectivity index (χ1n) is 12.4. The highest BCUT2D eigenvalue weighted by Gasteiger charge is 2.36. The van der Waals surface area contributed by atoms with Crippen molar-refractivity contribution < 1.29 is 32.0 Å². The molecule has 1 amide bonds. The monoisotopic (exact) mass is 573 g/mol. The molecule has 1 N–H and O–H groups in total. The van der Waals surface area contributed by atoms with Gasteiger partial charge in [-0.15, -0.1) is 0 Å². The van der Waals surface area contributed by atoms with E-state index in [2.05, 4.69) is 15.5 Å². The number of thiazole rings is 1. The van der Waals surface area contributed by atoms with Crippen LogP contribution in [0.15, 0.2) is 70.8 Å². The molecule has 0 spiro atoms. The molecule has 1 heterocycles. The summed E-state index contributed by atoms with van der Waals surface area (Å²) in [6, 6.07) is 14.5. The predicted molar refractivity (Wildman–Crippen MR) is 145 cm³/mol. The van der Waals surface area contributed by atoms with Crippen molar-refractivity contribution in [2.45, 2.75) is 61.9 Å². The Hall–Kier alpha value is -3.64. The Morgan fingerprint density at radius 1 is 1.05 bits per heavy atom. The Morgan fingerprint density at radius 2 is 1.72 bits per heavy atom. The quantitative estimate of drug-likeness (QED) is 0.184. The van der Waals surface area contributed by atoms with E-state index in [4.69, 9.17) is 9.57 Å². The lowest BCUT2D eigenvalue weighted by Crippen LogP contribution is -2.25.